The number of hydrogen-bond acceptors (Lipinski definition) is 5. The third-order valence-corrected chi connectivity index (χ3v) is 5.33. The average molecular weight is 476 g/mol. The highest BCUT2D eigenvalue weighted by molar-refractivity contribution is 7.99. The van der Waals surface area contributed by atoms with Gasteiger partial charge in [-0.1, -0.05) is 23.4 Å². The lowest BCUT2D eigenvalue weighted by Crippen LogP contribution is -2.52. The van der Waals surface area contributed by atoms with Gasteiger partial charge in [-0.2, -0.15) is 13.2 Å². The fourth-order valence-electron chi connectivity index (χ4n) is 2.26. The van der Waals surface area contributed by atoms with Gasteiger partial charge >= 0.3 is 6.18 Å². The number of aliphatic hydroxyl groups is 1. The lowest BCUT2D eigenvalue weighted by Gasteiger charge is -2.25. The second-order valence-electron chi connectivity index (χ2n) is 7.08. The van der Waals surface area contributed by atoms with Gasteiger partial charge in [0.15, 0.2) is 0 Å². The van der Waals surface area contributed by atoms with Crippen LogP contribution in [-0.4, -0.2) is 54.2 Å². The number of halogens is 4. The number of likely N-dealkylation sites (N-methyl/N-ethyl adjacent to an activating group) is 1. The van der Waals surface area contributed by atoms with E-state index in [1.165, 1.54) is 23.9 Å². The van der Waals surface area contributed by atoms with Crippen LogP contribution in [0.3, 0.4) is 0 Å². The zero-order chi connectivity index (χ0) is 23.4. The van der Waals surface area contributed by atoms with Gasteiger partial charge < -0.3 is 20.6 Å². The molecule has 11 heteroatoms. The number of benzene rings is 2. The van der Waals surface area contributed by atoms with E-state index in [9.17, 15) is 27.9 Å². The quantitative estimate of drug-likeness (QED) is 0.558. The molecular weight excluding hydrogens is 455 g/mol. The predicted octanol–water partition coefficient (Wildman–Crippen LogP) is 4.24. The first-order chi connectivity index (χ1) is 14.3. The fourth-order valence-corrected chi connectivity index (χ4v) is 3.41. The van der Waals surface area contributed by atoms with Gasteiger partial charge in [-0.05, 0) is 63.5 Å². The van der Waals surface area contributed by atoms with Crippen LogP contribution in [-0.2, 0) is 9.59 Å². The molecule has 6 nitrogen and oxygen atoms in total. The van der Waals surface area contributed by atoms with Gasteiger partial charge in [-0.15, -0.1) is 0 Å². The number of anilines is 2. The Morgan fingerprint density at radius 2 is 1.65 bits per heavy atom. The van der Waals surface area contributed by atoms with Crippen LogP contribution in [0.1, 0.15) is 6.92 Å². The molecule has 2 rings (SSSR count). The molecule has 0 aliphatic carbocycles. The van der Waals surface area contributed by atoms with Gasteiger partial charge in [-0.25, -0.2) is 0 Å². The molecule has 0 heterocycles. The molecule has 0 aliphatic rings. The van der Waals surface area contributed by atoms with Gasteiger partial charge in [-0.3, -0.25) is 9.59 Å². The van der Waals surface area contributed by atoms with E-state index in [0.717, 1.165) is 4.90 Å². The van der Waals surface area contributed by atoms with Crippen LogP contribution in [0.5, 0.6) is 0 Å². The molecule has 0 unspecified atom stereocenters. The summed E-state index contributed by atoms with van der Waals surface area (Å²) < 4.78 is 38.3. The summed E-state index contributed by atoms with van der Waals surface area (Å²) in [5.41, 5.74) is -2.96. The summed E-state index contributed by atoms with van der Waals surface area (Å²) in [6.45, 7) is 0.628. The van der Waals surface area contributed by atoms with Crippen LogP contribution in [0.2, 0.25) is 5.02 Å². The van der Waals surface area contributed by atoms with Crippen LogP contribution >= 0.6 is 23.4 Å². The average Bonchev–Trinajstić information content (AvgIpc) is 2.63. The molecule has 0 bridgehead atoms. The van der Waals surface area contributed by atoms with Crippen molar-refractivity contribution in [1.29, 1.82) is 0 Å². The van der Waals surface area contributed by atoms with Crippen LogP contribution in [0.25, 0.3) is 0 Å². The highest BCUT2D eigenvalue weighted by Gasteiger charge is 2.55. The number of amides is 2. The Balaban J connectivity index is 2.04. The second-order valence-corrected chi connectivity index (χ2v) is 8.63. The molecule has 3 N–H and O–H groups in total. The zero-order valence-corrected chi connectivity index (χ0v) is 18.5. The topological polar surface area (TPSA) is 81.7 Å². The van der Waals surface area contributed by atoms with Crippen molar-refractivity contribution in [3.63, 3.8) is 0 Å². The minimum absolute atomic E-state index is 0.0175. The molecule has 2 aromatic rings. The molecule has 0 aromatic heterocycles. The van der Waals surface area contributed by atoms with E-state index in [-0.39, 0.29) is 23.2 Å². The Morgan fingerprint density at radius 1 is 1.06 bits per heavy atom. The molecule has 31 heavy (non-hydrogen) atoms. The molecule has 2 amide bonds. The number of nitrogens with zero attached hydrogens (tertiary/aromatic N) is 1. The minimum Gasteiger partial charge on any atom is -0.373 e. The van der Waals surface area contributed by atoms with Crippen molar-refractivity contribution in [3.8, 4) is 0 Å². The largest absolute Gasteiger partial charge is 0.426 e. The maximum atomic E-state index is 12.8. The number of nitrogens with one attached hydrogen (secondary N) is 2. The molecule has 0 saturated carbocycles. The van der Waals surface area contributed by atoms with Gasteiger partial charge in [0, 0.05) is 15.5 Å². The molecule has 0 saturated heterocycles. The first-order valence-corrected chi connectivity index (χ1v) is 10.1. The SMILES string of the molecule is CN(C)CC(=O)Nc1ccc(Sc2ccc(NC(=O)[C@@](C)(O)C(F)(F)F)c(Cl)c2)cc1. The molecule has 168 valence electrons. The lowest BCUT2D eigenvalue weighted by molar-refractivity contribution is -0.242. The van der Waals surface area contributed by atoms with Crippen molar-refractivity contribution in [2.24, 2.45) is 0 Å². The summed E-state index contributed by atoms with van der Waals surface area (Å²) in [6, 6.07) is 11.5. The highest BCUT2D eigenvalue weighted by Crippen LogP contribution is 2.35. The Morgan fingerprint density at radius 3 is 2.16 bits per heavy atom. The minimum atomic E-state index is -5.13. The van der Waals surface area contributed by atoms with Gasteiger partial charge in [0.1, 0.15) is 0 Å². The first-order valence-electron chi connectivity index (χ1n) is 8.92. The Labute approximate surface area is 186 Å². The van der Waals surface area contributed by atoms with Crippen molar-refractivity contribution in [1.82, 2.24) is 4.90 Å². The van der Waals surface area contributed by atoms with Crippen molar-refractivity contribution >= 4 is 46.6 Å². The van der Waals surface area contributed by atoms with Crippen LogP contribution in [0.15, 0.2) is 52.3 Å². The summed E-state index contributed by atoms with van der Waals surface area (Å²) in [5, 5.41) is 14.2. The third kappa shape index (κ3) is 6.86. The summed E-state index contributed by atoms with van der Waals surface area (Å²) in [5.74, 6) is -1.77. The van der Waals surface area contributed by atoms with E-state index in [4.69, 9.17) is 11.6 Å². The summed E-state index contributed by atoms with van der Waals surface area (Å²) in [4.78, 5) is 26.8. The zero-order valence-electron chi connectivity index (χ0n) is 16.9. The number of hydrogen-bond donors (Lipinski definition) is 3. The van der Waals surface area contributed by atoms with E-state index in [0.29, 0.717) is 17.5 Å². The number of carbonyl (C=O) groups is 2. The number of carbonyl (C=O) groups excluding carboxylic acids is 2. The molecule has 0 spiro atoms. The molecule has 0 radical (unpaired) electrons. The number of alkyl halides is 3. The lowest BCUT2D eigenvalue weighted by atomic mass is 10.1. The maximum absolute atomic E-state index is 12.8. The normalized spacial score (nSPS) is 13.6. The standard InChI is InChI=1S/C20H21ClF3N3O3S/c1-19(30,20(22,23)24)18(29)26-16-9-8-14(10-15(16)21)31-13-6-4-12(5-7-13)25-17(28)11-27(2)3/h4-10,30H,11H2,1-3H3,(H,25,28)(H,26,29)/t19-/m1/s1. The molecule has 1 atom stereocenters. The van der Waals surface area contributed by atoms with Gasteiger partial charge in [0.05, 0.1) is 17.3 Å². The van der Waals surface area contributed by atoms with Crippen LogP contribution in [0, 0.1) is 0 Å². The molecule has 2 aromatic carbocycles. The van der Waals surface area contributed by atoms with Gasteiger partial charge in [0.2, 0.25) is 11.5 Å². The monoisotopic (exact) mass is 475 g/mol. The first kappa shape index (κ1) is 25.0. The van der Waals surface area contributed by atoms with E-state index in [2.05, 4.69) is 5.32 Å². The predicted molar refractivity (Wildman–Crippen MR) is 115 cm³/mol. The van der Waals surface area contributed by atoms with E-state index in [1.807, 2.05) is 5.32 Å². The van der Waals surface area contributed by atoms with E-state index in [1.54, 1.807) is 49.3 Å². The Kier molecular flexibility index (Phi) is 7.98. The van der Waals surface area contributed by atoms with Gasteiger partial charge in [0.25, 0.3) is 5.91 Å². The van der Waals surface area contributed by atoms with Crippen molar-refractivity contribution < 1.29 is 27.9 Å². The van der Waals surface area contributed by atoms with E-state index < -0.39 is 17.7 Å². The highest BCUT2D eigenvalue weighted by atomic mass is 35.5. The summed E-state index contributed by atoms with van der Waals surface area (Å²) >= 11 is 7.42. The smallest absolute Gasteiger partial charge is 0.373 e. The Hall–Kier alpha value is -2.27. The van der Waals surface area contributed by atoms with Crippen LogP contribution in [0.4, 0.5) is 24.5 Å². The fraction of sp³-hybridized carbons (Fsp3) is 0.300. The number of rotatable bonds is 7. The third-order valence-electron chi connectivity index (χ3n) is 4.02. The van der Waals surface area contributed by atoms with Crippen molar-refractivity contribution in [2.45, 2.75) is 28.5 Å². The summed E-state index contributed by atoms with van der Waals surface area (Å²) in [6.07, 6.45) is -5.13. The van der Waals surface area contributed by atoms with Crippen molar-refractivity contribution in [3.05, 3.63) is 47.5 Å². The van der Waals surface area contributed by atoms with E-state index >= 15 is 0 Å². The van der Waals surface area contributed by atoms with Crippen LogP contribution < -0.4 is 10.6 Å². The molecular formula is C20H21ClF3N3O3S. The molecule has 0 aliphatic heterocycles. The maximum Gasteiger partial charge on any atom is 0.426 e. The molecule has 0 fully saturated rings. The Bertz CT molecular complexity index is 951. The van der Waals surface area contributed by atoms with Crippen molar-refractivity contribution in [2.75, 3.05) is 31.3 Å². The second kappa shape index (κ2) is 9.90. The summed E-state index contributed by atoms with van der Waals surface area (Å²) in [7, 11) is 3.58.